The average molecular weight is 355 g/mol. The van der Waals surface area contributed by atoms with Gasteiger partial charge in [-0.25, -0.2) is 0 Å². The zero-order valence-electron chi connectivity index (χ0n) is 14.1. The van der Waals surface area contributed by atoms with Crippen LogP contribution in [-0.4, -0.2) is 49.2 Å². The third-order valence-corrected chi connectivity index (χ3v) is 5.21. The van der Waals surface area contributed by atoms with Crippen LogP contribution in [0.2, 0.25) is 0 Å². The number of nitrogens with one attached hydrogen (secondary N) is 2. The Hall–Kier alpha value is -1.60. The highest BCUT2D eigenvalue weighted by Crippen LogP contribution is 2.46. The zero-order chi connectivity index (χ0) is 17.9. The Balaban J connectivity index is 1.70. The second-order valence-corrected chi connectivity index (χ2v) is 7.04. The van der Waals surface area contributed by atoms with Gasteiger partial charge in [0.05, 0.1) is 0 Å². The lowest BCUT2D eigenvalue weighted by molar-refractivity contribution is -0.218. The van der Waals surface area contributed by atoms with E-state index in [9.17, 15) is 18.0 Å². The van der Waals surface area contributed by atoms with Crippen molar-refractivity contribution in [2.75, 3.05) is 26.2 Å². The van der Waals surface area contributed by atoms with E-state index in [4.69, 9.17) is 0 Å². The molecule has 1 amide bonds. The van der Waals surface area contributed by atoms with Gasteiger partial charge in [0, 0.05) is 25.7 Å². The lowest BCUT2D eigenvalue weighted by atomic mass is 9.84. The molecule has 0 spiro atoms. The molecular weight excluding hydrogens is 331 g/mol. The number of carbonyl (C=O) groups is 1. The number of carbonyl (C=O) groups excluding carboxylic acids is 1. The molecule has 0 radical (unpaired) electrons. The standard InChI is InChI=1S/C18H24F3N3O/c19-18(20,21)17(16(25)23-15-7-4-9-22-11-15)8-10-24(13-17)12-14-5-2-1-3-6-14/h1-3,5-6,15,22H,4,7-13H2,(H,23,25). The monoisotopic (exact) mass is 355 g/mol. The Morgan fingerprint density at radius 3 is 2.72 bits per heavy atom. The van der Waals surface area contributed by atoms with Gasteiger partial charge >= 0.3 is 6.18 Å². The maximum Gasteiger partial charge on any atom is 0.404 e. The molecule has 7 heteroatoms. The number of nitrogens with zero attached hydrogens (tertiary/aromatic N) is 1. The summed E-state index contributed by atoms with van der Waals surface area (Å²) in [7, 11) is 0. The molecule has 138 valence electrons. The van der Waals surface area contributed by atoms with Gasteiger partial charge in [0.1, 0.15) is 0 Å². The van der Waals surface area contributed by atoms with Crippen LogP contribution in [0.25, 0.3) is 0 Å². The first-order valence-corrected chi connectivity index (χ1v) is 8.75. The van der Waals surface area contributed by atoms with E-state index in [-0.39, 0.29) is 25.6 Å². The molecule has 0 aromatic heterocycles. The Kier molecular flexibility index (Phi) is 5.34. The SMILES string of the molecule is O=C(NC1CCCNC1)C1(C(F)(F)F)CCN(Cc2ccccc2)C1. The van der Waals surface area contributed by atoms with Gasteiger partial charge in [-0.15, -0.1) is 0 Å². The summed E-state index contributed by atoms with van der Waals surface area (Å²) in [6.07, 6.45) is -3.15. The molecule has 25 heavy (non-hydrogen) atoms. The van der Waals surface area contributed by atoms with Gasteiger partial charge in [-0.3, -0.25) is 9.69 Å². The minimum absolute atomic E-state index is 0.185. The number of halogens is 3. The van der Waals surface area contributed by atoms with Crippen molar-refractivity contribution in [1.82, 2.24) is 15.5 Å². The topological polar surface area (TPSA) is 44.4 Å². The van der Waals surface area contributed by atoms with Crippen LogP contribution in [0.5, 0.6) is 0 Å². The number of rotatable bonds is 4. The summed E-state index contributed by atoms with van der Waals surface area (Å²) >= 11 is 0. The van der Waals surface area contributed by atoms with Crippen LogP contribution in [0.3, 0.4) is 0 Å². The third-order valence-electron chi connectivity index (χ3n) is 5.21. The van der Waals surface area contributed by atoms with Crippen molar-refractivity contribution in [3.05, 3.63) is 35.9 Å². The quantitative estimate of drug-likeness (QED) is 0.871. The van der Waals surface area contributed by atoms with Crippen LogP contribution in [0.4, 0.5) is 13.2 Å². The van der Waals surface area contributed by atoms with Crippen molar-refractivity contribution in [2.45, 2.75) is 38.0 Å². The maximum atomic E-state index is 13.8. The van der Waals surface area contributed by atoms with E-state index in [1.807, 2.05) is 30.3 Å². The number of piperidine rings is 1. The fourth-order valence-corrected chi connectivity index (χ4v) is 3.71. The third kappa shape index (κ3) is 3.98. The van der Waals surface area contributed by atoms with Crippen molar-refractivity contribution < 1.29 is 18.0 Å². The van der Waals surface area contributed by atoms with E-state index in [0.717, 1.165) is 24.9 Å². The van der Waals surface area contributed by atoms with Gasteiger partial charge < -0.3 is 10.6 Å². The van der Waals surface area contributed by atoms with Crippen molar-refractivity contribution >= 4 is 5.91 Å². The van der Waals surface area contributed by atoms with Crippen LogP contribution in [0, 0.1) is 5.41 Å². The highest BCUT2D eigenvalue weighted by atomic mass is 19.4. The van der Waals surface area contributed by atoms with Gasteiger partial charge in [-0.05, 0) is 37.9 Å². The van der Waals surface area contributed by atoms with Gasteiger partial charge in [0.2, 0.25) is 5.91 Å². The van der Waals surface area contributed by atoms with E-state index < -0.39 is 17.5 Å². The molecule has 2 fully saturated rings. The number of amides is 1. The molecule has 0 aliphatic carbocycles. The summed E-state index contributed by atoms with van der Waals surface area (Å²) < 4.78 is 41.5. The summed E-state index contributed by atoms with van der Waals surface area (Å²) in [6.45, 7) is 1.80. The highest BCUT2D eigenvalue weighted by Gasteiger charge is 2.63. The lowest BCUT2D eigenvalue weighted by Gasteiger charge is -2.33. The van der Waals surface area contributed by atoms with Crippen molar-refractivity contribution in [1.29, 1.82) is 0 Å². The van der Waals surface area contributed by atoms with Crippen molar-refractivity contribution in [3.63, 3.8) is 0 Å². The minimum atomic E-state index is -4.55. The number of alkyl halides is 3. The Labute approximate surface area is 145 Å². The van der Waals surface area contributed by atoms with Crippen molar-refractivity contribution in [2.24, 2.45) is 5.41 Å². The molecule has 4 nitrogen and oxygen atoms in total. The Morgan fingerprint density at radius 2 is 2.08 bits per heavy atom. The van der Waals surface area contributed by atoms with Gasteiger partial charge in [-0.1, -0.05) is 30.3 Å². The largest absolute Gasteiger partial charge is 0.404 e. The zero-order valence-corrected chi connectivity index (χ0v) is 14.1. The van der Waals surface area contributed by atoms with Gasteiger partial charge in [0.15, 0.2) is 5.41 Å². The minimum Gasteiger partial charge on any atom is -0.351 e. The summed E-state index contributed by atoms with van der Waals surface area (Å²) in [6, 6.07) is 9.17. The summed E-state index contributed by atoms with van der Waals surface area (Å²) in [5, 5.41) is 5.76. The molecule has 2 atom stereocenters. The number of hydrogen-bond acceptors (Lipinski definition) is 3. The molecule has 0 bridgehead atoms. The van der Waals surface area contributed by atoms with Crippen LogP contribution in [-0.2, 0) is 11.3 Å². The molecule has 3 rings (SSSR count). The predicted molar refractivity (Wildman–Crippen MR) is 88.9 cm³/mol. The normalized spacial score (nSPS) is 28.0. The van der Waals surface area contributed by atoms with E-state index in [1.165, 1.54) is 0 Å². The van der Waals surface area contributed by atoms with E-state index in [1.54, 1.807) is 4.90 Å². The second-order valence-electron chi connectivity index (χ2n) is 7.04. The fraction of sp³-hybridized carbons (Fsp3) is 0.611. The molecule has 2 heterocycles. The summed E-state index contributed by atoms with van der Waals surface area (Å²) in [5.41, 5.74) is -1.35. The molecule has 2 aliphatic rings. The molecule has 2 N–H and O–H groups in total. The first kappa shape index (κ1) is 18.2. The number of likely N-dealkylation sites (tertiary alicyclic amines) is 1. The van der Waals surface area contributed by atoms with Crippen LogP contribution in [0.15, 0.2) is 30.3 Å². The van der Waals surface area contributed by atoms with Gasteiger partial charge in [-0.2, -0.15) is 13.2 Å². The van der Waals surface area contributed by atoms with Crippen molar-refractivity contribution in [3.8, 4) is 0 Å². The lowest BCUT2D eigenvalue weighted by Crippen LogP contribution is -2.56. The van der Waals surface area contributed by atoms with Gasteiger partial charge in [0.25, 0.3) is 0 Å². The number of hydrogen-bond donors (Lipinski definition) is 2. The first-order chi connectivity index (χ1) is 11.9. The molecule has 1 aromatic rings. The molecular formula is C18H24F3N3O. The van der Waals surface area contributed by atoms with Crippen LogP contribution in [0.1, 0.15) is 24.8 Å². The maximum absolute atomic E-state index is 13.8. The van der Waals surface area contributed by atoms with E-state index in [2.05, 4.69) is 10.6 Å². The smallest absolute Gasteiger partial charge is 0.351 e. The Bertz CT molecular complexity index is 587. The summed E-state index contributed by atoms with van der Waals surface area (Å²) in [4.78, 5) is 14.3. The van der Waals surface area contributed by atoms with Crippen LogP contribution >= 0.6 is 0 Å². The summed E-state index contributed by atoms with van der Waals surface area (Å²) in [5.74, 6) is -0.871. The van der Waals surface area contributed by atoms with E-state index >= 15 is 0 Å². The molecule has 2 unspecified atom stereocenters. The number of benzene rings is 1. The van der Waals surface area contributed by atoms with E-state index in [0.29, 0.717) is 13.1 Å². The highest BCUT2D eigenvalue weighted by molar-refractivity contribution is 5.84. The Morgan fingerprint density at radius 1 is 1.32 bits per heavy atom. The molecule has 2 saturated heterocycles. The molecule has 0 saturated carbocycles. The average Bonchev–Trinajstić information content (AvgIpc) is 3.02. The second kappa shape index (κ2) is 7.33. The first-order valence-electron chi connectivity index (χ1n) is 8.75. The molecule has 2 aliphatic heterocycles. The predicted octanol–water partition coefficient (Wildman–Crippen LogP) is 2.31. The van der Waals surface area contributed by atoms with Crippen LogP contribution < -0.4 is 10.6 Å². The molecule has 1 aromatic carbocycles. The fourth-order valence-electron chi connectivity index (χ4n) is 3.71.